The van der Waals surface area contributed by atoms with Crippen molar-refractivity contribution >= 4 is 0 Å². The van der Waals surface area contributed by atoms with Gasteiger partial charge in [-0.15, -0.1) is 0 Å². The average Bonchev–Trinajstić information content (AvgIpc) is 2.58. The maximum Gasteiger partial charge on any atom is 0.0601 e. The van der Waals surface area contributed by atoms with Gasteiger partial charge in [0.1, 0.15) is 0 Å². The van der Waals surface area contributed by atoms with Gasteiger partial charge in [-0.1, -0.05) is 60.7 Å². The van der Waals surface area contributed by atoms with Gasteiger partial charge in [-0.05, 0) is 30.9 Å². The number of hydrogen-bond acceptors (Lipinski definition) is 3. The van der Waals surface area contributed by atoms with E-state index in [-0.39, 0.29) is 6.17 Å². The normalized spacial score (nSPS) is 18.2. The van der Waals surface area contributed by atoms with Crippen molar-refractivity contribution in [2.45, 2.75) is 38.0 Å². The Hall–Kier alpha value is -1.68. The number of rotatable bonds is 5. The van der Waals surface area contributed by atoms with Gasteiger partial charge >= 0.3 is 0 Å². The number of nitrogens with one attached hydrogen (secondary N) is 1. The molecule has 0 radical (unpaired) electrons. The van der Waals surface area contributed by atoms with E-state index in [4.69, 9.17) is 5.73 Å². The van der Waals surface area contributed by atoms with E-state index in [0.29, 0.717) is 12.1 Å². The Morgan fingerprint density at radius 2 is 1.39 bits per heavy atom. The van der Waals surface area contributed by atoms with Crippen LogP contribution < -0.4 is 11.1 Å². The molecular formula is C20H27N3. The molecule has 0 aliphatic carbocycles. The molecule has 1 unspecified atom stereocenters. The zero-order valence-electron chi connectivity index (χ0n) is 13.9. The molecule has 1 saturated heterocycles. The molecule has 122 valence electrons. The van der Waals surface area contributed by atoms with Crippen LogP contribution >= 0.6 is 0 Å². The summed E-state index contributed by atoms with van der Waals surface area (Å²) in [5.41, 5.74) is 8.62. The highest BCUT2D eigenvalue weighted by atomic mass is 15.2. The van der Waals surface area contributed by atoms with Gasteiger partial charge in [0, 0.05) is 19.1 Å². The van der Waals surface area contributed by atoms with E-state index in [1.807, 2.05) is 6.92 Å². The lowest BCUT2D eigenvalue weighted by Gasteiger charge is -2.39. The summed E-state index contributed by atoms with van der Waals surface area (Å²) in [5, 5.41) is 3.47. The monoisotopic (exact) mass is 309 g/mol. The fourth-order valence-electron chi connectivity index (χ4n) is 3.58. The lowest BCUT2D eigenvalue weighted by Crippen LogP contribution is -2.48. The van der Waals surface area contributed by atoms with E-state index in [1.54, 1.807) is 0 Å². The van der Waals surface area contributed by atoms with Crippen molar-refractivity contribution in [1.82, 2.24) is 10.2 Å². The van der Waals surface area contributed by atoms with Crippen LogP contribution in [0.25, 0.3) is 0 Å². The van der Waals surface area contributed by atoms with Crippen molar-refractivity contribution in [1.29, 1.82) is 0 Å². The minimum absolute atomic E-state index is 0.0746. The average molecular weight is 309 g/mol. The maximum atomic E-state index is 5.88. The van der Waals surface area contributed by atoms with Crippen LogP contribution in [0.1, 0.15) is 36.9 Å². The second-order valence-electron chi connectivity index (χ2n) is 6.49. The van der Waals surface area contributed by atoms with Gasteiger partial charge in [0.2, 0.25) is 0 Å². The predicted molar refractivity (Wildman–Crippen MR) is 96.1 cm³/mol. The van der Waals surface area contributed by atoms with Gasteiger partial charge < -0.3 is 5.73 Å². The van der Waals surface area contributed by atoms with Crippen LogP contribution in [-0.2, 0) is 0 Å². The van der Waals surface area contributed by atoms with E-state index in [2.05, 4.69) is 70.9 Å². The van der Waals surface area contributed by atoms with E-state index < -0.39 is 0 Å². The number of nitrogens with zero attached hydrogens (tertiary/aromatic N) is 1. The molecule has 3 N–H and O–H groups in total. The molecule has 0 saturated carbocycles. The summed E-state index contributed by atoms with van der Waals surface area (Å²) in [6.45, 7) is 4.21. The van der Waals surface area contributed by atoms with Crippen LogP contribution in [0, 0.1) is 0 Å². The van der Waals surface area contributed by atoms with Crippen LogP contribution in [-0.4, -0.2) is 30.2 Å². The Balaban J connectivity index is 1.78. The van der Waals surface area contributed by atoms with Crippen molar-refractivity contribution in [3.8, 4) is 0 Å². The third-order valence-corrected chi connectivity index (χ3v) is 4.62. The molecular weight excluding hydrogens is 282 g/mol. The lowest BCUT2D eigenvalue weighted by molar-refractivity contribution is 0.159. The summed E-state index contributed by atoms with van der Waals surface area (Å²) in [7, 11) is 0. The first-order valence-corrected chi connectivity index (χ1v) is 8.59. The molecule has 1 aliphatic rings. The Bertz CT molecular complexity index is 535. The van der Waals surface area contributed by atoms with E-state index >= 15 is 0 Å². The zero-order chi connectivity index (χ0) is 16.1. The number of hydrogen-bond donors (Lipinski definition) is 2. The first-order valence-electron chi connectivity index (χ1n) is 8.59. The zero-order valence-corrected chi connectivity index (χ0v) is 13.9. The van der Waals surface area contributed by atoms with E-state index in [9.17, 15) is 0 Å². The summed E-state index contributed by atoms with van der Waals surface area (Å²) >= 11 is 0. The van der Waals surface area contributed by atoms with Crippen molar-refractivity contribution in [2.24, 2.45) is 5.73 Å². The molecule has 1 fully saturated rings. The third-order valence-electron chi connectivity index (χ3n) is 4.62. The molecule has 2 aromatic rings. The van der Waals surface area contributed by atoms with Gasteiger partial charge in [-0.2, -0.15) is 0 Å². The Morgan fingerprint density at radius 1 is 0.913 bits per heavy atom. The second kappa shape index (κ2) is 7.73. The molecule has 3 nitrogen and oxygen atoms in total. The number of piperidine rings is 1. The van der Waals surface area contributed by atoms with Crippen LogP contribution in [0.4, 0.5) is 0 Å². The Morgan fingerprint density at radius 3 is 1.83 bits per heavy atom. The number of benzene rings is 2. The molecule has 23 heavy (non-hydrogen) atoms. The van der Waals surface area contributed by atoms with Crippen LogP contribution in [0.15, 0.2) is 60.7 Å². The molecule has 0 spiro atoms. The Kier molecular flexibility index (Phi) is 5.44. The highest BCUT2D eigenvalue weighted by molar-refractivity contribution is 5.31. The molecule has 3 heteroatoms. The summed E-state index contributed by atoms with van der Waals surface area (Å²) in [5.74, 6) is 0. The van der Waals surface area contributed by atoms with Gasteiger partial charge in [0.25, 0.3) is 0 Å². The van der Waals surface area contributed by atoms with Crippen LogP contribution in [0.2, 0.25) is 0 Å². The second-order valence-corrected chi connectivity index (χ2v) is 6.49. The van der Waals surface area contributed by atoms with Crippen molar-refractivity contribution in [2.75, 3.05) is 13.1 Å². The molecule has 0 amide bonds. The third kappa shape index (κ3) is 4.20. The minimum atomic E-state index is 0.0746. The topological polar surface area (TPSA) is 41.3 Å². The molecule has 0 bridgehead atoms. The Labute approximate surface area is 139 Å². The maximum absolute atomic E-state index is 5.88. The van der Waals surface area contributed by atoms with E-state index in [1.165, 1.54) is 11.1 Å². The minimum Gasteiger partial charge on any atom is -0.316 e. The van der Waals surface area contributed by atoms with Gasteiger partial charge in [-0.25, -0.2) is 0 Å². The summed E-state index contributed by atoms with van der Waals surface area (Å²) in [4.78, 5) is 2.60. The smallest absolute Gasteiger partial charge is 0.0601 e. The quantitative estimate of drug-likeness (QED) is 0.834. The standard InChI is InChI=1S/C20H27N3/c1-16(21)22-19-12-14-23(15-13-19)20(17-8-4-2-5-9-17)18-10-6-3-7-11-18/h2-11,16,19-20,22H,12-15,21H2,1H3. The summed E-state index contributed by atoms with van der Waals surface area (Å²) in [6, 6.07) is 22.6. The predicted octanol–water partition coefficient (Wildman–Crippen LogP) is 3.13. The first kappa shape index (κ1) is 16.2. The van der Waals surface area contributed by atoms with Gasteiger partial charge in [-0.3, -0.25) is 10.2 Å². The molecule has 3 rings (SSSR count). The van der Waals surface area contributed by atoms with E-state index in [0.717, 1.165) is 25.9 Å². The fraction of sp³-hybridized carbons (Fsp3) is 0.400. The highest BCUT2D eigenvalue weighted by Crippen LogP contribution is 2.30. The molecule has 1 heterocycles. The van der Waals surface area contributed by atoms with Crippen molar-refractivity contribution < 1.29 is 0 Å². The van der Waals surface area contributed by atoms with Crippen molar-refractivity contribution in [3.05, 3.63) is 71.8 Å². The summed E-state index contributed by atoms with van der Waals surface area (Å²) < 4.78 is 0. The summed E-state index contributed by atoms with van der Waals surface area (Å²) in [6.07, 6.45) is 2.38. The molecule has 0 aromatic heterocycles. The fourth-order valence-corrected chi connectivity index (χ4v) is 3.58. The SMILES string of the molecule is CC(N)NC1CCN(C(c2ccccc2)c2ccccc2)CC1. The first-order chi connectivity index (χ1) is 11.2. The van der Waals surface area contributed by atoms with Crippen molar-refractivity contribution in [3.63, 3.8) is 0 Å². The highest BCUT2D eigenvalue weighted by Gasteiger charge is 2.27. The van der Waals surface area contributed by atoms with Crippen LogP contribution in [0.5, 0.6) is 0 Å². The molecule has 2 aromatic carbocycles. The van der Waals surface area contributed by atoms with Gasteiger partial charge in [0.05, 0.1) is 12.2 Å². The van der Waals surface area contributed by atoms with Crippen LogP contribution in [0.3, 0.4) is 0 Å². The lowest BCUT2D eigenvalue weighted by atomic mass is 9.94. The number of likely N-dealkylation sites (tertiary alicyclic amines) is 1. The van der Waals surface area contributed by atoms with Gasteiger partial charge in [0.15, 0.2) is 0 Å². The molecule has 1 aliphatic heterocycles. The largest absolute Gasteiger partial charge is 0.316 e. The molecule has 1 atom stereocenters. The number of nitrogens with two attached hydrogens (primary N) is 1.